The average molecular weight is 411 g/mol. The van der Waals surface area contributed by atoms with Crippen LogP contribution < -0.4 is 0 Å². The van der Waals surface area contributed by atoms with E-state index in [1.165, 1.54) is 16.8 Å². The summed E-state index contributed by atoms with van der Waals surface area (Å²) in [6, 6.07) is 19.2. The van der Waals surface area contributed by atoms with Gasteiger partial charge >= 0.3 is 0 Å². The second-order valence-corrected chi connectivity index (χ2v) is 8.42. The van der Waals surface area contributed by atoms with Crippen molar-refractivity contribution in [1.82, 2.24) is 19.1 Å². The van der Waals surface area contributed by atoms with Crippen molar-refractivity contribution in [2.75, 3.05) is 0 Å². The van der Waals surface area contributed by atoms with Gasteiger partial charge in [-0.15, -0.1) is 11.3 Å². The standard InChI is InChI=1S/C25H22N4S/c1-18-5-8-23(28-11-3-4-12-28)13-21(18)14-25-27-24(16-30-25)20-6-9-22(10-7-20)29-15-19(2)26-17-29/h3-13,15-17H,14H2,1-2H3. The van der Waals surface area contributed by atoms with E-state index in [1.54, 1.807) is 11.3 Å². The van der Waals surface area contributed by atoms with Crippen molar-refractivity contribution in [2.45, 2.75) is 20.3 Å². The van der Waals surface area contributed by atoms with Gasteiger partial charge < -0.3 is 9.13 Å². The minimum atomic E-state index is 0.845. The number of benzene rings is 2. The lowest BCUT2D eigenvalue weighted by atomic mass is 10.0. The molecule has 3 heterocycles. The molecule has 4 nitrogen and oxygen atoms in total. The van der Waals surface area contributed by atoms with Crippen molar-refractivity contribution in [3.05, 3.63) is 107 Å². The van der Waals surface area contributed by atoms with Crippen LogP contribution in [0.3, 0.4) is 0 Å². The van der Waals surface area contributed by atoms with Crippen LogP contribution in [-0.2, 0) is 6.42 Å². The largest absolute Gasteiger partial charge is 0.324 e. The average Bonchev–Trinajstić information content (AvgIpc) is 3.52. The molecule has 5 rings (SSSR count). The Kier molecular flexibility index (Phi) is 4.81. The van der Waals surface area contributed by atoms with Crippen molar-refractivity contribution in [3.8, 4) is 22.6 Å². The maximum atomic E-state index is 4.91. The van der Waals surface area contributed by atoms with Gasteiger partial charge in [-0.1, -0.05) is 18.2 Å². The van der Waals surface area contributed by atoms with Gasteiger partial charge in [-0.2, -0.15) is 0 Å². The summed E-state index contributed by atoms with van der Waals surface area (Å²) in [6.07, 6.45) is 8.86. The Balaban J connectivity index is 1.37. The Morgan fingerprint density at radius 3 is 2.40 bits per heavy atom. The monoisotopic (exact) mass is 410 g/mol. The summed E-state index contributed by atoms with van der Waals surface area (Å²) in [6.45, 7) is 4.16. The van der Waals surface area contributed by atoms with Gasteiger partial charge in [0.05, 0.1) is 22.7 Å². The molecule has 0 spiro atoms. The van der Waals surface area contributed by atoms with Crippen LogP contribution in [-0.4, -0.2) is 19.1 Å². The van der Waals surface area contributed by atoms with E-state index in [-0.39, 0.29) is 0 Å². The first kappa shape index (κ1) is 18.6. The zero-order chi connectivity index (χ0) is 20.5. The Bertz CT molecular complexity index is 1280. The smallest absolute Gasteiger partial charge is 0.0995 e. The van der Waals surface area contributed by atoms with Crippen LogP contribution in [0.5, 0.6) is 0 Å². The lowest BCUT2D eigenvalue weighted by Crippen LogP contribution is -1.96. The van der Waals surface area contributed by atoms with Crippen molar-refractivity contribution >= 4 is 11.3 Å². The number of nitrogens with zero attached hydrogens (tertiary/aromatic N) is 4. The fraction of sp³-hybridized carbons (Fsp3) is 0.120. The molecule has 0 amide bonds. The molecular formula is C25H22N4S. The van der Waals surface area contributed by atoms with Crippen LogP contribution in [0.2, 0.25) is 0 Å². The Labute approximate surface area is 180 Å². The van der Waals surface area contributed by atoms with E-state index in [0.29, 0.717) is 0 Å². The third-order valence-corrected chi connectivity index (χ3v) is 6.15. The number of imidazole rings is 1. The molecule has 0 aliphatic heterocycles. The van der Waals surface area contributed by atoms with Crippen LogP contribution in [0, 0.1) is 13.8 Å². The number of thiazole rings is 1. The number of aromatic nitrogens is 4. The van der Waals surface area contributed by atoms with E-state index in [4.69, 9.17) is 4.98 Å². The number of hydrogen-bond acceptors (Lipinski definition) is 3. The van der Waals surface area contributed by atoms with Crippen molar-refractivity contribution in [3.63, 3.8) is 0 Å². The molecule has 0 fully saturated rings. The highest BCUT2D eigenvalue weighted by Gasteiger charge is 2.09. The number of rotatable bonds is 5. The molecule has 3 aromatic heterocycles. The molecule has 0 aliphatic carbocycles. The summed E-state index contributed by atoms with van der Waals surface area (Å²) >= 11 is 1.72. The molecule has 0 aliphatic rings. The lowest BCUT2D eigenvalue weighted by molar-refractivity contribution is 1.05. The summed E-state index contributed by atoms with van der Waals surface area (Å²) in [4.78, 5) is 9.21. The predicted octanol–water partition coefficient (Wildman–Crippen LogP) is 5.99. The third-order valence-electron chi connectivity index (χ3n) is 5.30. The molecule has 5 heteroatoms. The van der Waals surface area contributed by atoms with Gasteiger partial charge in [-0.3, -0.25) is 0 Å². The van der Waals surface area contributed by atoms with Gasteiger partial charge in [0.25, 0.3) is 0 Å². The highest BCUT2D eigenvalue weighted by Crippen LogP contribution is 2.26. The fourth-order valence-corrected chi connectivity index (χ4v) is 4.40. The Hall–Kier alpha value is -3.44. The number of aryl methyl sites for hydroxylation is 2. The normalized spacial score (nSPS) is 11.1. The van der Waals surface area contributed by atoms with Crippen LogP contribution in [0.25, 0.3) is 22.6 Å². The maximum Gasteiger partial charge on any atom is 0.0995 e. The van der Waals surface area contributed by atoms with E-state index in [2.05, 4.69) is 76.7 Å². The van der Waals surface area contributed by atoms with Gasteiger partial charge in [-0.25, -0.2) is 9.97 Å². The quantitative estimate of drug-likeness (QED) is 0.356. The highest BCUT2D eigenvalue weighted by atomic mass is 32.1. The van der Waals surface area contributed by atoms with Gasteiger partial charge in [0.2, 0.25) is 0 Å². The molecule has 0 N–H and O–H groups in total. The van der Waals surface area contributed by atoms with Crippen LogP contribution in [0.15, 0.2) is 84.9 Å². The first-order valence-electron chi connectivity index (χ1n) is 9.94. The molecule has 2 aromatic carbocycles. The van der Waals surface area contributed by atoms with E-state index >= 15 is 0 Å². The SMILES string of the molecule is Cc1cn(-c2ccc(-c3csc(Cc4cc(-n5cccc5)ccc4C)n3)cc2)cn1. The molecule has 0 bridgehead atoms. The van der Waals surface area contributed by atoms with Gasteiger partial charge in [0, 0.05) is 47.3 Å². The predicted molar refractivity (Wildman–Crippen MR) is 123 cm³/mol. The molecule has 148 valence electrons. The summed E-state index contributed by atoms with van der Waals surface area (Å²) in [5.41, 5.74) is 8.07. The molecular weight excluding hydrogens is 388 g/mol. The molecule has 0 unspecified atom stereocenters. The molecule has 5 aromatic rings. The fourth-order valence-electron chi connectivity index (χ4n) is 3.57. The lowest BCUT2D eigenvalue weighted by Gasteiger charge is -2.09. The minimum absolute atomic E-state index is 0.845. The van der Waals surface area contributed by atoms with Crippen LogP contribution in [0.1, 0.15) is 21.8 Å². The topological polar surface area (TPSA) is 35.6 Å². The summed E-state index contributed by atoms with van der Waals surface area (Å²) in [5, 5.41) is 3.28. The van der Waals surface area contributed by atoms with Crippen molar-refractivity contribution in [1.29, 1.82) is 0 Å². The zero-order valence-corrected chi connectivity index (χ0v) is 17.8. The van der Waals surface area contributed by atoms with E-state index in [9.17, 15) is 0 Å². The first-order valence-corrected chi connectivity index (χ1v) is 10.8. The summed E-state index contributed by atoms with van der Waals surface area (Å²) in [7, 11) is 0. The summed E-state index contributed by atoms with van der Waals surface area (Å²) in [5.74, 6) is 0. The molecule has 0 radical (unpaired) electrons. The van der Waals surface area contributed by atoms with E-state index in [1.807, 2.05) is 36.1 Å². The van der Waals surface area contributed by atoms with Crippen LogP contribution in [0.4, 0.5) is 0 Å². The maximum absolute atomic E-state index is 4.91. The second kappa shape index (κ2) is 7.76. The first-order chi connectivity index (χ1) is 14.7. The van der Waals surface area contributed by atoms with Gasteiger partial charge in [-0.05, 0) is 61.4 Å². The Morgan fingerprint density at radius 1 is 0.900 bits per heavy atom. The molecule has 0 atom stereocenters. The summed E-state index contributed by atoms with van der Waals surface area (Å²) < 4.78 is 4.17. The van der Waals surface area contributed by atoms with E-state index in [0.717, 1.165) is 34.1 Å². The highest BCUT2D eigenvalue weighted by molar-refractivity contribution is 7.10. The van der Waals surface area contributed by atoms with Gasteiger partial charge in [0.1, 0.15) is 0 Å². The molecule has 30 heavy (non-hydrogen) atoms. The minimum Gasteiger partial charge on any atom is -0.324 e. The van der Waals surface area contributed by atoms with Crippen molar-refractivity contribution in [2.24, 2.45) is 0 Å². The number of hydrogen-bond donors (Lipinski definition) is 0. The third kappa shape index (κ3) is 3.72. The molecule has 0 saturated heterocycles. The molecule has 0 saturated carbocycles. The van der Waals surface area contributed by atoms with Crippen molar-refractivity contribution < 1.29 is 0 Å². The van der Waals surface area contributed by atoms with E-state index < -0.39 is 0 Å². The Morgan fingerprint density at radius 2 is 1.67 bits per heavy atom. The van der Waals surface area contributed by atoms with Gasteiger partial charge in [0.15, 0.2) is 0 Å². The van der Waals surface area contributed by atoms with Crippen LogP contribution >= 0.6 is 11.3 Å². The zero-order valence-electron chi connectivity index (χ0n) is 17.0. The second-order valence-electron chi connectivity index (χ2n) is 7.47.